The Morgan fingerprint density at radius 3 is 2.79 bits per heavy atom. The number of benzene rings is 2. The van der Waals surface area contributed by atoms with Gasteiger partial charge in [0.15, 0.2) is 0 Å². The minimum atomic E-state index is -0.0926. The average molecular weight is 393 g/mol. The monoisotopic (exact) mass is 393 g/mol. The van der Waals surface area contributed by atoms with Crippen LogP contribution in [0.15, 0.2) is 42.5 Å². The second kappa shape index (κ2) is 8.61. The number of aryl methyl sites for hydroxylation is 1. The number of amides is 1. The van der Waals surface area contributed by atoms with Crippen LogP contribution in [-0.2, 0) is 6.54 Å². The van der Waals surface area contributed by atoms with Crippen molar-refractivity contribution in [2.45, 2.75) is 32.4 Å². The Morgan fingerprint density at radius 1 is 1.21 bits per heavy atom. The minimum absolute atomic E-state index is 0.0926. The molecule has 2 heterocycles. The Balaban J connectivity index is 1.51. The molecular formula is C22H27N5O2. The van der Waals surface area contributed by atoms with Gasteiger partial charge in [0.05, 0.1) is 18.7 Å². The lowest BCUT2D eigenvalue weighted by atomic mass is 10.0. The van der Waals surface area contributed by atoms with Gasteiger partial charge in [0.1, 0.15) is 11.3 Å². The number of fused-ring (bicyclic) bond motifs is 1. The van der Waals surface area contributed by atoms with Gasteiger partial charge in [-0.15, -0.1) is 5.10 Å². The van der Waals surface area contributed by atoms with Crippen molar-refractivity contribution in [2.24, 2.45) is 0 Å². The van der Waals surface area contributed by atoms with E-state index in [9.17, 15) is 4.79 Å². The van der Waals surface area contributed by atoms with Crippen molar-refractivity contribution in [2.75, 3.05) is 26.7 Å². The van der Waals surface area contributed by atoms with Crippen LogP contribution in [-0.4, -0.2) is 52.5 Å². The largest absolute Gasteiger partial charge is 0.497 e. The average Bonchev–Trinajstić information content (AvgIpc) is 3.43. The highest BCUT2D eigenvalue weighted by molar-refractivity contribution is 5.97. The first kappa shape index (κ1) is 19.4. The molecule has 0 bridgehead atoms. The Hall–Kier alpha value is -2.93. The van der Waals surface area contributed by atoms with Gasteiger partial charge in [-0.05, 0) is 68.8 Å². The molecular weight excluding hydrogens is 366 g/mol. The second-order valence-electron chi connectivity index (χ2n) is 7.35. The molecule has 1 aliphatic heterocycles. The molecule has 29 heavy (non-hydrogen) atoms. The first-order valence-corrected chi connectivity index (χ1v) is 10.2. The summed E-state index contributed by atoms with van der Waals surface area (Å²) in [5.41, 5.74) is 3.44. The number of rotatable bonds is 7. The zero-order chi connectivity index (χ0) is 20.2. The van der Waals surface area contributed by atoms with Crippen LogP contribution >= 0.6 is 0 Å². The van der Waals surface area contributed by atoms with Crippen LogP contribution in [0.3, 0.4) is 0 Å². The van der Waals surface area contributed by atoms with Crippen LogP contribution < -0.4 is 10.1 Å². The van der Waals surface area contributed by atoms with Crippen LogP contribution in [0.2, 0.25) is 0 Å². The summed E-state index contributed by atoms with van der Waals surface area (Å²) in [6.07, 6.45) is 2.39. The fourth-order valence-corrected chi connectivity index (χ4v) is 4.00. The highest BCUT2D eigenvalue weighted by Gasteiger charge is 2.24. The lowest BCUT2D eigenvalue weighted by molar-refractivity contribution is 0.0938. The maximum absolute atomic E-state index is 12.8. The van der Waals surface area contributed by atoms with Crippen molar-refractivity contribution >= 4 is 16.9 Å². The van der Waals surface area contributed by atoms with E-state index < -0.39 is 0 Å². The van der Waals surface area contributed by atoms with Gasteiger partial charge in [0.2, 0.25) is 0 Å². The van der Waals surface area contributed by atoms with E-state index >= 15 is 0 Å². The quantitative estimate of drug-likeness (QED) is 0.668. The fourth-order valence-electron chi connectivity index (χ4n) is 4.00. The molecule has 1 aliphatic rings. The molecule has 152 valence electrons. The number of aromatic nitrogens is 3. The van der Waals surface area contributed by atoms with Gasteiger partial charge in [-0.1, -0.05) is 17.3 Å². The summed E-state index contributed by atoms with van der Waals surface area (Å²) < 4.78 is 7.22. The molecule has 3 aromatic rings. The standard InChI is InChI=1S/C22H27N5O2/c1-3-27-20-10-9-17(14-19(20)24-25-27)22(28)23-15-21(26-11-4-5-12-26)16-7-6-8-18(13-16)29-2/h6-10,13-14,21H,3-5,11-12,15H2,1-2H3,(H,23,28). The van der Waals surface area contributed by atoms with Gasteiger partial charge < -0.3 is 10.1 Å². The van der Waals surface area contributed by atoms with Gasteiger partial charge in [-0.25, -0.2) is 4.68 Å². The summed E-state index contributed by atoms with van der Waals surface area (Å²) in [5, 5.41) is 11.4. The highest BCUT2D eigenvalue weighted by atomic mass is 16.5. The highest BCUT2D eigenvalue weighted by Crippen LogP contribution is 2.27. The minimum Gasteiger partial charge on any atom is -0.497 e. The van der Waals surface area contributed by atoms with Crippen LogP contribution in [0.4, 0.5) is 0 Å². The van der Waals surface area contributed by atoms with Crippen LogP contribution in [0.5, 0.6) is 5.75 Å². The SMILES string of the molecule is CCn1nnc2cc(C(=O)NCC(c3cccc(OC)c3)N3CCCC3)ccc21. The number of hydrogen-bond acceptors (Lipinski definition) is 5. The third-order valence-corrected chi connectivity index (χ3v) is 5.59. The van der Waals surface area contributed by atoms with Gasteiger partial charge in [0.25, 0.3) is 5.91 Å². The van der Waals surface area contributed by atoms with E-state index in [2.05, 4.69) is 32.7 Å². The Bertz CT molecular complexity index is 994. The smallest absolute Gasteiger partial charge is 0.251 e. The zero-order valence-electron chi connectivity index (χ0n) is 17.0. The Labute approximate surface area is 170 Å². The molecule has 0 spiro atoms. The number of carbonyl (C=O) groups is 1. The second-order valence-corrected chi connectivity index (χ2v) is 7.35. The molecule has 2 aromatic carbocycles. The number of nitrogens with zero attached hydrogens (tertiary/aromatic N) is 4. The number of hydrogen-bond donors (Lipinski definition) is 1. The summed E-state index contributed by atoms with van der Waals surface area (Å²) in [4.78, 5) is 15.3. The Kier molecular flexibility index (Phi) is 5.76. The molecule has 0 saturated carbocycles. The van der Waals surface area contributed by atoms with Crippen molar-refractivity contribution in [3.8, 4) is 5.75 Å². The van der Waals surface area contributed by atoms with E-state index in [1.54, 1.807) is 13.2 Å². The molecule has 1 atom stereocenters. The van der Waals surface area contributed by atoms with Crippen molar-refractivity contribution in [3.05, 3.63) is 53.6 Å². The van der Waals surface area contributed by atoms with E-state index in [0.29, 0.717) is 12.1 Å². The van der Waals surface area contributed by atoms with Crippen molar-refractivity contribution in [1.82, 2.24) is 25.2 Å². The summed E-state index contributed by atoms with van der Waals surface area (Å²) >= 11 is 0. The molecule has 1 N–H and O–H groups in total. The third-order valence-electron chi connectivity index (χ3n) is 5.59. The molecule has 1 fully saturated rings. The van der Waals surface area contributed by atoms with E-state index in [1.165, 1.54) is 12.8 Å². The van der Waals surface area contributed by atoms with Crippen LogP contribution in [0.25, 0.3) is 11.0 Å². The normalized spacial score (nSPS) is 15.5. The fraction of sp³-hybridized carbons (Fsp3) is 0.409. The number of ether oxygens (including phenoxy) is 1. The Morgan fingerprint density at radius 2 is 2.03 bits per heavy atom. The topological polar surface area (TPSA) is 72.3 Å². The maximum Gasteiger partial charge on any atom is 0.251 e. The molecule has 7 heteroatoms. The zero-order valence-corrected chi connectivity index (χ0v) is 17.0. The van der Waals surface area contributed by atoms with Crippen molar-refractivity contribution in [3.63, 3.8) is 0 Å². The molecule has 0 radical (unpaired) electrons. The molecule has 1 unspecified atom stereocenters. The van der Waals surface area contributed by atoms with E-state index in [0.717, 1.165) is 42.0 Å². The predicted octanol–water partition coefficient (Wildman–Crippen LogP) is 3.03. The molecule has 4 rings (SSSR count). The molecule has 0 aliphatic carbocycles. The molecule has 1 aromatic heterocycles. The summed E-state index contributed by atoms with van der Waals surface area (Å²) in [6, 6.07) is 13.8. The van der Waals surface area contributed by atoms with Gasteiger partial charge in [0, 0.05) is 18.7 Å². The lowest BCUT2D eigenvalue weighted by Crippen LogP contribution is -2.36. The lowest BCUT2D eigenvalue weighted by Gasteiger charge is -2.28. The van der Waals surface area contributed by atoms with E-state index in [4.69, 9.17) is 4.74 Å². The first-order valence-electron chi connectivity index (χ1n) is 10.2. The molecule has 1 saturated heterocycles. The summed E-state index contributed by atoms with van der Waals surface area (Å²) in [6.45, 7) is 5.41. The number of methoxy groups -OCH3 is 1. The van der Waals surface area contributed by atoms with Gasteiger partial charge >= 0.3 is 0 Å². The third kappa shape index (κ3) is 4.10. The van der Waals surface area contributed by atoms with E-state index in [1.807, 2.05) is 35.9 Å². The summed E-state index contributed by atoms with van der Waals surface area (Å²) in [7, 11) is 1.68. The van der Waals surface area contributed by atoms with Crippen LogP contribution in [0.1, 0.15) is 41.7 Å². The molecule has 7 nitrogen and oxygen atoms in total. The number of likely N-dealkylation sites (tertiary alicyclic amines) is 1. The van der Waals surface area contributed by atoms with E-state index in [-0.39, 0.29) is 11.9 Å². The molecule has 1 amide bonds. The number of carbonyl (C=O) groups excluding carboxylic acids is 1. The van der Waals surface area contributed by atoms with Crippen molar-refractivity contribution in [1.29, 1.82) is 0 Å². The predicted molar refractivity (Wildman–Crippen MR) is 112 cm³/mol. The maximum atomic E-state index is 12.8. The summed E-state index contributed by atoms with van der Waals surface area (Å²) in [5.74, 6) is 0.743. The first-order chi connectivity index (χ1) is 14.2. The van der Waals surface area contributed by atoms with Gasteiger partial charge in [-0.2, -0.15) is 0 Å². The van der Waals surface area contributed by atoms with Gasteiger partial charge in [-0.3, -0.25) is 9.69 Å². The van der Waals surface area contributed by atoms with Crippen LogP contribution in [0, 0.1) is 0 Å². The number of nitrogens with one attached hydrogen (secondary N) is 1. The van der Waals surface area contributed by atoms with Crippen molar-refractivity contribution < 1.29 is 9.53 Å².